The minimum Gasteiger partial charge on any atom is -0.383 e. The summed E-state index contributed by atoms with van der Waals surface area (Å²) in [5.74, 6) is 0.589. The third-order valence-corrected chi connectivity index (χ3v) is 5.50. The zero-order valence-corrected chi connectivity index (χ0v) is 15.6. The van der Waals surface area contributed by atoms with Crippen molar-refractivity contribution < 1.29 is 0 Å². The molecule has 1 aromatic carbocycles. The van der Waals surface area contributed by atoms with Gasteiger partial charge < -0.3 is 11.5 Å². The molecule has 0 aliphatic carbocycles. The fourth-order valence-corrected chi connectivity index (χ4v) is 4.21. The Balaban J connectivity index is 1.70. The van der Waals surface area contributed by atoms with Crippen molar-refractivity contribution in [3.63, 3.8) is 0 Å². The molecule has 0 saturated carbocycles. The van der Waals surface area contributed by atoms with E-state index in [-0.39, 0.29) is 0 Å². The fraction of sp³-hybridized carbons (Fsp3) is 0.476. The van der Waals surface area contributed by atoms with Gasteiger partial charge in [0.05, 0.1) is 0 Å². The Morgan fingerprint density at radius 3 is 2.48 bits per heavy atom. The highest BCUT2D eigenvalue weighted by Crippen LogP contribution is 2.28. The second-order valence-corrected chi connectivity index (χ2v) is 7.50. The van der Waals surface area contributed by atoms with Crippen LogP contribution in [0.2, 0.25) is 0 Å². The number of pyridine rings is 1. The summed E-state index contributed by atoms with van der Waals surface area (Å²) in [5.41, 5.74) is 17.0. The third kappa shape index (κ3) is 4.02. The predicted molar refractivity (Wildman–Crippen MR) is 105 cm³/mol. The molecule has 1 aliphatic heterocycles. The molecule has 2 unspecified atom stereocenters. The fourth-order valence-electron chi connectivity index (χ4n) is 4.21. The molecular formula is C21H30N4. The lowest BCUT2D eigenvalue weighted by atomic mass is 9.92. The van der Waals surface area contributed by atoms with Crippen molar-refractivity contribution in [3.8, 4) is 11.1 Å². The maximum atomic E-state index is 6.15. The van der Waals surface area contributed by atoms with Crippen molar-refractivity contribution >= 4 is 5.82 Å². The number of aryl methyl sites for hydroxylation is 1. The molecule has 2 atom stereocenters. The van der Waals surface area contributed by atoms with E-state index in [4.69, 9.17) is 11.5 Å². The van der Waals surface area contributed by atoms with Gasteiger partial charge in [0.2, 0.25) is 0 Å². The number of nitrogen functional groups attached to an aromatic ring is 1. The topological polar surface area (TPSA) is 68.2 Å². The Bertz CT molecular complexity index is 716. The molecule has 25 heavy (non-hydrogen) atoms. The van der Waals surface area contributed by atoms with Gasteiger partial charge in [0, 0.05) is 36.4 Å². The van der Waals surface area contributed by atoms with Crippen LogP contribution < -0.4 is 11.5 Å². The van der Waals surface area contributed by atoms with Crippen LogP contribution in [0.1, 0.15) is 37.8 Å². The van der Waals surface area contributed by atoms with Crippen LogP contribution in [0.15, 0.2) is 36.5 Å². The Morgan fingerprint density at radius 1 is 1.12 bits per heavy atom. The van der Waals surface area contributed by atoms with Crippen LogP contribution in [-0.2, 0) is 6.42 Å². The molecule has 4 N–H and O–H groups in total. The zero-order chi connectivity index (χ0) is 18.0. The number of hydrogen-bond donors (Lipinski definition) is 2. The molecule has 1 aromatic heterocycles. The first-order valence-corrected chi connectivity index (χ1v) is 9.27. The number of nitrogens with two attached hydrogens (primary N) is 2. The monoisotopic (exact) mass is 338 g/mol. The van der Waals surface area contributed by atoms with Crippen LogP contribution in [-0.4, -0.2) is 34.6 Å². The van der Waals surface area contributed by atoms with Crippen molar-refractivity contribution in [3.05, 3.63) is 47.7 Å². The molecule has 0 bridgehead atoms. The molecule has 4 nitrogen and oxygen atoms in total. The zero-order valence-electron chi connectivity index (χ0n) is 15.6. The second kappa shape index (κ2) is 7.54. The number of aromatic nitrogens is 1. The Hall–Kier alpha value is -1.91. The standard InChI is InChI=1S/C21H30N4/c1-14-11-17(6-7-19(14)20-5-4-9-24-21(20)23)8-10-25-15(2)12-18(22)13-16(25)3/h4-7,9,11,15-16,18H,8,10,12-13,22H2,1-3H3,(H2,23,24). The van der Waals surface area contributed by atoms with E-state index in [1.165, 1.54) is 16.7 Å². The number of rotatable bonds is 4. The molecule has 134 valence electrons. The van der Waals surface area contributed by atoms with Crippen LogP contribution >= 0.6 is 0 Å². The summed E-state index contributed by atoms with van der Waals surface area (Å²) in [4.78, 5) is 6.80. The normalized spacial score (nSPS) is 24.4. The summed E-state index contributed by atoms with van der Waals surface area (Å²) in [6, 6.07) is 12.1. The molecule has 0 radical (unpaired) electrons. The average molecular weight is 338 g/mol. The van der Waals surface area contributed by atoms with Gasteiger partial charge in [0.15, 0.2) is 0 Å². The van der Waals surface area contributed by atoms with Crippen LogP contribution in [0, 0.1) is 6.92 Å². The first-order valence-electron chi connectivity index (χ1n) is 9.27. The van der Waals surface area contributed by atoms with Gasteiger partial charge in [-0.2, -0.15) is 0 Å². The van der Waals surface area contributed by atoms with E-state index in [2.05, 4.69) is 48.9 Å². The summed E-state index contributed by atoms with van der Waals surface area (Å²) in [7, 11) is 0. The Labute approximate surface area is 151 Å². The lowest BCUT2D eigenvalue weighted by molar-refractivity contribution is 0.0936. The van der Waals surface area contributed by atoms with Gasteiger partial charge in [-0.25, -0.2) is 4.98 Å². The molecular weight excluding hydrogens is 308 g/mol. The highest BCUT2D eigenvalue weighted by molar-refractivity contribution is 5.76. The molecule has 4 heteroatoms. The van der Waals surface area contributed by atoms with Crippen LogP contribution in [0.3, 0.4) is 0 Å². The predicted octanol–water partition coefficient (Wildman–Crippen LogP) is 3.38. The van der Waals surface area contributed by atoms with E-state index in [0.29, 0.717) is 23.9 Å². The lowest BCUT2D eigenvalue weighted by Gasteiger charge is -2.41. The molecule has 1 saturated heterocycles. The quantitative estimate of drug-likeness (QED) is 0.897. The summed E-state index contributed by atoms with van der Waals surface area (Å²) in [6.45, 7) is 7.84. The Kier molecular flexibility index (Phi) is 5.40. The van der Waals surface area contributed by atoms with Gasteiger partial charge in [-0.15, -0.1) is 0 Å². The van der Waals surface area contributed by atoms with Crippen LogP contribution in [0.25, 0.3) is 11.1 Å². The average Bonchev–Trinajstić information content (AvgIpc) is 2.55. The highest BCUT2D eigenvalue weighted by atomic mass is 15.2. The van der Waals surface area contributed by atoms with Gasteiger partial charge in [-0.05, 0) is 68.9 Å². The molecule has 0 spiro atoms. The number of nitrogens with zero attached hydrogens (tertiary/aromatic N) is 2. The summed E-state index contributed by atoms with van der Waals surface area (Å²) in [6.07, 6.45) is 4.99. The SMILES string of the molecule is Cc1cc(CCN2C(C)CC(N)CC2C)ccc1-c1cccnc1N. The summed E-state index contributed by atoms with van der Waals surface area (Å²) >= 11 is 0. The summed E-state index contributed by atoms with van der Waals surface area (Å²) in [5, 5.41) is 0. The Morgan fingerprint density at radius 2 is 1.84 bits per heavy atom. The van der Waals surface area contributed by atoms with E-state index < -0.39 is 0 Å². The molecule has 0 amide bonds. The van der Waals surface area contributed by atoms with E-state index in [0.717, 1.165) is 31.4 Å². The molecule has 2 aromatic rings. The number of anilines is 1. The minimum absolute atomic E-state index is 0.354. The number of likely N-dealkylation sites (tertiary alicyclic amines) is 1. The van der Waals surface area contributed by atoms with Crippen molar-refractivity contribution in [1.82, 2.24) is 9.88 Å². The van der Waals surface area contributed by atoms with Gasteiger partial charge in [-0.3, -0.25) is 4.90 Å². The van der Waals surface area contributed by atoms with Crippen molar-refractivity contribution in [2.45, 2.75) is 58.2 Å². The molecule has 1 aliphatic rings. The first kappa shape index (κ1) is 17.9. The van der Waals surface area contributed by atoms with Crippen molar-refractivity contribution in [2.75, 3.05) is 12.3 Å². The first-order chi connectivity index (χ1) is 12.0. The van der Waals surface area contributed by atoms with Crippen molar-refractivity contribution in [2.24, 2.45) is 5.73 Å². The van der Waals surface area contributed by atoms with Crippen LogP contribution in [0.4, 0.5) is 5.82 Å². The van der Waals surface area contributed by atoms with Gasteiger partial charge in [0.25, 0.3) is 0 Å². The largest absolute Gasteiger partial charge is 0.383 e. The van der Waals surface area contributed by atoms with Gasteiger partial charge in [-0.1, -0.05) is 18.2 Å². The molecule has 3 rings (SSSR count). The van der Waals surface area contributed by atoms with E-state index in [1.54, 1.807) is 6.20 Å². The molecule has 2 heterocycles. The number of benzene rings is 1. The third-order valence-electron chi connectivity index (χ3n) is 5.50. The number of hydrogen-bond acceptors (Lipinski definition) is 4. The minimum atomic E-state index is 0.354. The maximum Gasteiger partial charge on any atom is 0.131 e. The van der Waals surface area contributed by atoms with Crippen molar-refractivity contribution in [1.29, 1.82) is 0 Å². The second-order valence-electron chi connectivity index (χ2n) is 7.50. The van der Waals surface area contributed by atoms with E-state index in [9.17, 15) is 0 Å². The van der Waals surface area contributed by atoms with Gasteiger partial charge >= 0.3 is 0 Å². The molecule has 1 fully saturated rings. The smallest absolute Gasteiger partial charge is 0.131 e. The number of piperidine rings is 1. The summed E-state index contributed by atoms with van der Waals surface area (Å²) < 4.78 is 0. The van der Waals surface area contributed by atoms with Gasteiger partial charge in [0.1, 0.15) is 5.82 Å². The maximum absolute atomic E-state index is 6.15. The van der Waals surface area contributed by atoms with E-state index in [1.807, 2.05) is 12.1 Å². The highest BCUT2D eigenvalue weighted by Gasteiger charge is 2.28. The lowest BCUT2D eigenvalue weighted by Crippen LogP contribution is -2.51. The van der Waals surface area contributed by atoms with Crippen LogP contribution in [0.5, 0.6) is 0 Å². The van der Waals surface area contributed by atoms with E-state index >= 15 is 0 Å².